The van der Waals surface area contributed by atoms with Gasteiger partial charge in [0.15, 0.2) is 0 Å². The minimum absolute atomic E-state index is 0.0444. The van der Waals surface area contributed by atoms with E-state index in [4.69, 9.17) is 11.3 Å². The molecule has 1 saturated carbocycles. The molecule has 1 aliphatic rings. The Labute approximate surface area is 108 Å². The largest absolute Gasteiger partial charge is 0.391 e. The van der Waals surface area contributed by atoms with Gasteiger partial charge in [0.25, 0.3) is 0 Å². The minimum Gasteiger partial charge on any atom is -0.368 e. The Kier molecular flexibility index (Phi) is 5.02. The Morgan fingerprint density at radius 1 is 1.47 bits per heavy atom. The van der Waals surface area contributed by atoms with E-state index < -0.39 is 23.5 Å². The fourth-order valence-corrected chi connectivity index (χ4v) is 2.34. The highest BCUT2D eigenvalue weighted by Gasteiger charge is 2.47. The number of rotatable bonds is 5. The molecular weight excluding hydrogens is 263 g/mol. The zero-order valence-corrected chi connectivity index (χ0v) is 10.3. The highest BCUT2D eigenvalue weighted by molar-refractivity contribution is 5.84. The molecule has 0 bridgehead atoms. The number of halogens is 3. The van der Waals surface area contributed by atoms with E-state index in [1.54, 1.807) is 0 Å². The van der Waals surface area contributed by atoms with Crippen LogP contribution in [0.25, 0.3) is 10.4 Å². The van der Waals surface area contributed by atoms with Crippen LogP contribution in [0, 0.1) is 5.92 Å². The molecule has 1 amide bonds. The lowest BCUT2D eigenvalue weighted by atomic mass is 9.75. The molecule has 19 heavy (non-hydrogen) atoms. The van der Waals surface area contributed by atoms with Gasteiger partial charge >= 0.3 is 6.18 Å². The Morgan fingerprint density at radius 3 is 2.47 bits per heavy atom. The molecule has 0 saturated heterocycles. The number of alkyl halides is 3. The minimum atomic E-state index is -4.23. The number of nitrogens with zero attached hydrogens (tertiary/aromatic N) is 3. The first kappa shape index (κ1) is 15.6. The summed E-state index contributed by atoms with van der Waals surface area (Å²) in [5, 5.41) is 6.12. The Bertz CT molecular complexity index is 370. The lowest BCUT2D eigenvalue weighted by Crippen LogP contribution is -2.58. The zero-order valence-electron chi connectivity index (χ0n) is 10.3. The van der Waals surface area contributed by atoms with Gasteiger partial charge in [0, 0.05) is 18.0 Å². The smallest absolute Gasteiger partial charge is 0.368 e. The number of azide groups is 1. The molecule has 1 rings (SSSR count). The molecule has 6 nitrogen and oxygen atoms in total. The van der Waals surface area contributed by atoms with Crippen LogP contribution in [0.4, 0.5) is 13.2 Å². The normalized spacial score (nSPS) is 27.6. The summed E-state index contributed by atoms with van der Waals surface area (Å²) in [4.78, 5) is 14.0. The molecule has 108 valence electrons. The van der Waals surface area contributed by atoms with E-state index in [0.29, 0.717) is 0 Å². The summed E-state index contributed by atoms with van der Waals surface area (Å²) < 4.78 is 37.7. The van der Waals surface area contributed by atoms with E-state index in [2.05, 4.69) is 15.3 Å². The van der Waals surface area contributed by atoms with Gasteiger partial charge in [-0.15, -0.1) is 0 Å². The van der Waals surface area contributed by atoms with Crippen molar-refractivity contribution in [3.8, 4) is 0 Å². The molecule has 0 spiro atoms. The van der Waals surface area contributed by atoms with E-state index in [1.807, 2.05) is 0 Å². The number of primary amides is 1. The van der Waals surface area contributed by atoms with Gasteiger partial charge in [0.1, 0.15) is 0 Å². The maximum Gasteiger partial charge on any atom is 0.391 e. The van der Waals surface area contributed by atoms with Gasteiger partial charge in [-0.3, -0.25) is 4.79 Å². The van der Waals surface area contributed by atoms with Crippen molar-refractivity contribution in [2.24, 2.45) is 16.8 Å². The van der Waals surface area contributed by atoms with Crippen LogP contribution in [0.3, 0.4) is 0 Å². The Balaban J connectivity index is 2.61. The van der Waals surface area contributed by atoms with E-state index in [1.165, 1.54) is 0 Å². The molecule has 0 aromatic heterocycles. The van der Waals surface area contributed by atoms with Crippen molar-refractivity contribution in [1.29, 1.82) is 0 Å². The fourth-order valence-electron chi connectivity index (χ4n) is 2.34. The molecule has 3 N–H and O–H groups in total. The summed E-state index contributed by atoms with van der Waals surface area (Å²) in [6.07, 6.45) is -4.39. The van der Waals surface area contributed by atoms with Crippen molar-refractivity contribution in [3.63, 3.8) is 0 Å². The predicted octanol–water partition coefficient (Wildman–Crippen LogP) is 1.86. The molecule has 0 aliphatic heterocycles. The van der Waals surface area contributed by atoms with E-state index in [-0.39, 0.29) is 38.8 Å². The average molecular weight is 279 g/mol. The first-order valence-electron chi connectivity index (χ1n) is 5.94. The number of carbonyl (C=O) groups excluding carboxylic acids is 1. The van der Waals surface area contributed by atoms with Crippen LogP contribution >= 0.6 is 0 Å². The van der Waals surface area contributed by atoms with E-state index in [0.717, 1.165) is 0 Å². The molecule has 0 aromatic rings. The second-order valence-corrected chi connectivity index (χ2v) is 4.64. The monoisotopic (exact) mass is 279 g/mol. The third-order valence-electron chi connectivity index (χ3n) is 3.51. The van der Waals surface area contributed by atoms with Gasteiger partial charge in [0.05, 0.1) is 11.5 Å². The van der Waals surface area contributed by atoms with Crippen molar-refractivity contribution in [1.82, 2.24) is 5.32 Å². The second kappa shape index (κ2) is 6.12. The van der Waals surface area contributed by atoms with Crippen LogP contribution in [-0.4, -0.2) is 30.7 Å². The molecule has 1 fully saturated rings. The van der Waals surface area contributed by atoms with Crippen LogP contribution in [-0.2, 0) is 4.79 Å². The Hall–Kier alpha value is -1.47. The summed E-state index contributed by atoms with van der Waals surface area (Å²) in [5.74, 6) is -2.03. The zero-order chi connectivity index (χ0) is 14.5. The third kappa shape index (κ3) is 4.00. The number of nitrogens with one attached hydrogen (secondary N) is 1. The van der Waals surface area contributed by atoms with Crippen molar-refractivity contribution in [2.45, 2.75) is 37.4 Å². The van der Waals surface area contributed by atoms with Crippen molar-refractivity contribution < 1.29 is 18.0 Å². The SMILES string of the molecule is [N-]=[N+]=NCCNC1(C(N)=O)CCC(C(F)(F)F)CC1. The number of amides is 1. The standard InChI is InChI=1S/C10H16F3N5O/c11-10(12,13)7-1-3-9(4-2-7,8(14)19)16-5-6-17-18-15/h7,16H,1-6H2,(H2,14,19). The fraction of sp³-hybridized carbons (Fsp3) is 0.900. The van der Waals surface area contributed by atoms with Gasteiger partial charge < -0.3 is 11.1 Å². The molecule has 9 heteroatoms. The topological polar surface area (TPSA) is 104 Å². The number of hydrogen-bond acceptors (Lipinski definition) is 3. The van der Waals surface area contributed by atoms with Crippen LogP contribution in [0.15, 0.2) is 5.11 Å². The summed E-state index contributed by atoms with van der Waals surface area (Å²) in [5.41, 5.74) is 12.3. The molecule has 0 unspecified atom stereocenters. The Morgan fingerprint density at radius 2 is 2.05 bits per heavy atom. The lowest BCUT2D eigenvalue weighted by molar-refractivity contribution is -0.186. The lowest BCUT2D eigenvalue weighted by Gasteiger charge is -2.39. The molecule has 1 aliphatic carbocycles. The molecule has 0 aromatic carbocycles. The predicted molar refractivity (Wildman–Crippen MR) is 62.0 cm³/mol. The third-order valence-corrected chi connectivity index (χ3v) is 3.51. The number of nitrogens with two attached hydrogens (primary N) is 1. The summed E-state index contributed by atoms with van der Waals surface area (Å²) in [6, 6.07) is 0. The quantitative estimate of drug-likeness (QED) is 0.347. The number of hydrogen-bond donors (Lipinski definition) is 2. The molecule has 0 atom stereocenters. The van der Waals surface area contributed by atoms with Gasteiger partial charge in [0.2, 0.25) is 5.91 Å². The molecular formula is C10H16F3N5O. The van der Waals surface area contributed by atoms with Crippen LogP contribution in [0.1, 0.15) is 25.7 Å². The average Bonchev–Trinajstić information content (AvgIpc) is 2.34. The van der Waals surface area contributed by atoms with Gasteiger partial charge in [-0.25, -0.2) is 0 Å². The number of carbonyl (C=O) groups is 1. The van der Waals surface area contributed by atoms with Crippen molar-refractivity contribution >= 4 is 5.91 Å². The second-order valence-electron chi connectivity index (χ2n) is 4.64. The van der Waals surface area contributed by atoms with E-state index >= 15 is 0 Å². The van der Waals surface area contributed by atoms with Crippen molar-refractivity contribution in [3.05, 3.63) is 10.4 Å². The van der Waals surface area contributed by atoms with Crippen molar-refractivity contribution in [2.75, 3.05) is 13.1 Å². The summed E-state index contributed by atoms with van der Waals surface area (Å²) in [6.45, 7) is 0.331. The first-order chi connectivity index (χ1) is 8.82. The van der Waals surface area contributed by atoms with E-state index in [9.17, 15) is 18.0 Å². The maximum absolute atomic E-state index is 12.6. The highest BCUT2D eigenvalue weighted by atomic mass is 19.4. The van der Waals surface area contributed by atoms with Gasteiger partial charge in [-0.05, 0) is 31.2 Å². The van der Waals surface area contributed by atoms with Crippen LogP contribution in [0.5, 0.6) is 0 Å². The van der Waals surface area contributed by atoms with Gasteiger partial charge in [-0.2, -0.15) is 13.2 Å². The van der Waals surface area contributed by atoms with Gasteiger partial charge in [-0.1, -0.05) is 5.11 Å². The highest BCUT2D eigenvalue weighted by Crippen LogP contribution is 2.40. The molecule has 0 radical (unpaired) electrons. The summed E-state index contributed by atoms with van der Waals surface area (Å²) in [7, 11) is 0. The van der Waals surface area contributed by atoms with Crippen LogP contribution in [0.2, 0.25) is 0 Å². The van der Waals surface area contributed by atoms with Crippen LogP contribution < -0.4 is 11.1 Å². The summed E-state index contributed by atoms with van der Waals surface area (Å²) >= 11 is 0. The molecule has 0 heterocycles. The first-order valence-corrected chi connectivity index (χ1v) is 5.94. The maximum atomic E-state index is 12.6.